The molecule has 1 amide bonds. The van der Waals surface area contributed by atoms with Crippen LogP contribution in [-0.4, -0.2) is 38.0 Å². The molecule has 0 fully saturated rings. The van der Waals surface area contributed by atoms with Crippen LogP contribution in [0.4, 0.5) is 0 Å². The molecule has 2 heterocycles. The maximum Gasteiger partial charge on any atom is 0.351 e. The first-order valence-electron chi connectivity index (χ1n) is 8.39. The third-order valence-electron chi connectivity index (χ3n) is 4.04. The van der Waals surface area contributed by atoms with Gasteiger partial charge in [-0.2, -0.15) is 0 Å². The van der Waals surface area contributed by atoms with Gasteiger partial charge in [-0.25, -0.2) is 4.79 Å². The number of rotatable bonds is 5. The summed E-state index contributed by atoms with van der Waals surface area (Å²) < 4.78 is 26.5. The summed E-state index contributed by atoms with van der Waals surface area (Å²) in [6.07, 6.45) is -0.901. The van der Waals surface area contributed by atoms with Crippen LogP contribution in [0.3, 0.4) is 0 Å². The third kappa shape index (κ3) is 3.89. The monoisotopic (exact) mass is 371 g/mol. The Morgan fingerprint density at radius 1 is 1.00 bits per heavy atom. The number of amides is 1. The first kappa shape index (κ1) is 17.0. The zero-order valence-electron chi connectivity index (χ0n) is 14.3. The van der Waals surface area contributed by atoms with Crippen LogP contribution in [0.15, 0.2) is 42.5 Å². The Labute approximate surface area is 154 Å². The van der Waals surface area contributed by atoms with Crippen molar-refractivity contribution < 1.29 is 33.3 Å². The van der Waals surface area contributed by atoms with E-state index in [1.54, 1.807) is 30.3 Å². The molecule has 0 radical (unpaired) electrons. The van der Waals surface area contributed by atoms with Crippen LogP contribution in [0.2, 0.25) is 0 Å². The second-order valence-electron chi connectivity index (χ2n) is 5.94. The van der Waals surface area contributed by atoms with Gasteiger partial charge in [-0.15, -0.1) is 0 Å². The standard InChI is InChI=1S/C19H17NO7/c21-18(20-8-12-5-6-14-16(7-12)26-11-25-14)10-24-19(22)17-9-23-13-3-1-2-4-15(13)27-17/h1-7,17H,8-11H2,(H,20,21). The minimum absolute atomic E-state index is 0.0364. The zero-order chi connectivity index (χ0) is 18.6. The fourth-order valence-corrected chi connectivity index (χ4v) is 2.67. The van der Waals surface area contributed by atoms with Crippen molar-refractivity contribution >= 4 is 11.9 Å². The van der Waals surface area contributed by atoms with Gasteiger partial charge in [0.1, 0.15) is 6.61 Å². The molecular formula is C19H17NO7. The third-order valence-corrected chi connectivity index (χ3v) is 4.04. The van der Waals surface area contributed by atoms with Gasteiger partial charge < -0.3 is 29.0 Å². The van der Waals surface area contributed by atoms with Crippen LogP contribution < -0.4 is 24.3 Å². The van der Waals surface area contributed by atoms with Crippen LogP contribution in [0.25, 0.3) is 0 Å². The number of benzene rings is 2. The van der Waals surface area contributed by atoms with Gasteiger partial charge >= 0.3 is 5.97 Å². The minimum atomic E-state index is -0.901. The van der Waals surface area contributed by atoms with Crippen molar-refractivity contribution in [3.63, 3.8) is 0 Å². The Kier molecular flexibility index (Phi) is 4.69. The summed E-state index contributed by atoms with van der Waals surface area (Å²) in [5.74, 6) is 1.29. The van der Waals surface area contributed by atoms with Gasteiger partial charge in [0.15, 0.2) is 29.6 Å². The van der Waals surface area contributed by atoms with E-state index in [-0.39, 0.29) is 19.9 Å². The van der Waals surface area contributed by atoms with E-state index in [4.69, 9.17) is 23.7 Å². The maximum atomic E-state index is 12.1. The molecule has 1 unspecified atom stereocenters. The van der Waals surface area contributed by atoms with Crippen molar-refractivity contribution in [2.24, 2.45) is 0 Å². The first-order valence-corrected chi connectivity index (χ1v) is 8.39. The van der Waals surface area contributed by atoms with E-state index in [1.807, 2.05) is 12.1 Å². The van der Waals surface area contributed by atoms with Gasteiger partial charge in [-0.3, -0.25) is 4.79 Å². The molecule has 0 spiro atoms. The largest absolute Gasteiger partial charge is 0.485 e. The maximum absolute atomic E-state index is 12.1. The highest BCUT2D eigenvalue weighted by molar-refractivity contribution is 5.82. The van der Waals surface area contributed by atoms with Crippen molar-refractivity contribution in [3.05, 3.63) is 48.0 Å². The van der Waals surface area contributed by atoms with Gasteiger partial charge in [-0.1, -0.05) is 18.2 Å². The summed E-state index contributed by atoms with van der Waals surface area (Å²) in [4.78, 5) is 24.0. The van der Waals surface area contributed by atoms with Crippen molar-refractivity contribution in [1.82, 2.24) is 5.32 Å². The Hall–Kier alpha value is -3.42. The summed E-state index contributed by atoms with van der Waals surface area (Å²) in [5.41, 5.74) is 0.847. The minimum Gasteiger partial charge on any atom is -0.485 e. The van der Waals surface area contributed by atoms with E-state index in [9.17, 15) is 9.59 Å². The molecule has 8 heteroatoms. The molecule has 0 aromatic heterocycles. The van der Waals surface area contributed by atoms with E-state index in [0.717, 1.165) is 5.56 Å². The van der Waals surface area contributed by atoms with Crippen molar-refractivity contribution in [2.75, 3.05) is 20.0 Å². The zero-order valence-corrected chi connectivity index (χ0v) is 14.3. The predicted molar refractivity (Wildman–Crippen MR) is 91.7 cm³/mol. The normalized spacial score (nSPS) is 16.5. The number of para-hydroxylation sites is 2. The molecule has 140 valence electrons. The smallest absolute Gasteiger partial charge is 0.351 e. The second-order valence-corrected chi connectivity index (χ2v) is 5.94. The Morgan fingerprint density at radius 2 is 1.78 bits per heavy atom. The van der Waals surface area contributed by atoms with E-state index < -0.39 is 24.6 Å². The molecule has 4 rings (SSSR count). The summed E-state index contributed by atoms with van der Waals surface area (Å²) in [7, 11) is 0. The fourth-order valence-electron chi connectivity index (χ4n) is 2.67. The van der Waals surface area contributed by atoms with E-state index in [0.29, 0.717) is 23.0 Å². The molecule has 1 atom stereocenters. The number of hydrogen-bond donors (Lipinski definition) is 1. The quantitative estimate of drug-likeness (QED) is 0.795. The SMILES string of the molecule is O=C(COC(=O)C1COc2ccccc2O1)NCc1ccc2c(c1)OCO2. The average Bonchev–Trinajstić information content (AvgIpc) is 3.18. The molecular weight excluding hydrogens is 354 g/mol. The highest BCUT2D eigenvalue weighted by Crippen LogP contribution is 2.32. The Balaban J connectivity index is 1.23. The molecule has 1 N–H and O–H groups in total. The highest BCUT2D eigenvalue weighted by Gasteiger charge is 2.29. The molecule has 0 bridgehead atoms. The number of carbonyl (C=O) groups is 2. The first-order chi connectivity index (χ1) is 13.2. The summed E-state index contributed by atoms with van der Waals surface area (Å²) in [6, 6.07) is 12.4. The fraction of sp³-hybridized carbons (Fsp3) is 0.263. The van der Waals surface area contributed by atoms with Crippen LogP contribution in [0.5, 0.6) is 23.0 Å². The summed E-state index contributed by atoms with van der Waals surface area (Å²) in [6.45, 7) is 0.113. The van der Waals surface area contributed by atoms with Gasteiger partial charge in [0.25, 0.3) is 5.91 Å². The van der Waals surface area contributed by atoms with Crippen LogP contribution in [-0.2, 0) is 20.9 Å². The lowest BCUT2D eigenvalue weighted by molar-refractivity contribution is -0.157. The van der Waals surface area contributed by atoms with Gasteiger partial charge in [0.2, 0.25) is 12.9 Å². The number of esters is 1. The topological polar surface area (TPSA) is 92.3 Å². The molecule has 27 heavy (non-hydrogen) atoms. The number of carbonyl (C=O) groups excluding carboxylic acids is 2. The highest BCUT2D eigenvalue weighted by atomic mass is 16.7. The molecule has 2 aromatic rings. The summed E-state index contributed by atoms with van der Waals surface area (Å²) in [5, 5.41) is 2.68. The average molecular weight is 371 g/mol. The second kappa shape index (κ2) is 7.45. The lowest BCUT2D eigenvalue weighted by Gasteiger charge is -2.24. The van der Waals surface area contributed by atoms with E-state index in [1.165, 1.54) is 0 Å². The predicted octanol–water partition coefficient (Wildman–Crippen LogP) is 1.41. The van der Waals surface area contributed by atoms with Crippen LogP contribution in [0, 0.1) is 0 Å². The van der Waals surface area contributed by atoms with Crippen molar-refractivity contribution in [2.45, 2.75) is 12.6 Å². The number of ether oxygens (including phenoxy) is 5. The Bertz CT molecular complexity index is 867. The van der Waals surface area contributed by atoms with Crippen LogP contribution in [0.1, 0.15) is 5.56 Å². The van der Waals surface area contributed by atoms with Gasteiger partial charge in [0, 0.05) is 6.54 Å². The van der Waals surface area contributed by atoms with Crippen LogP contribution >= 0.6 is 0 Å². The molecule has 0 aliphatic carbocycles. The van der Waals surface area contributed by atoms with Crippen molar-refractivity contribution in [3.8, 4) is 23.0 Å². The number of hydrogen-bond acceptors (Lipinski definition) is 7. The lowest BCUT2D eigenvalue weighted by atomic mass is 10.2. The lowest BCUT2D eigenvalue weighted by Crippen LogP contribution is -2.39. The van der Waals surface area contributed by atoms with E-state index >= 15 is 0 Å². The van der Waals surface area contributed by atoms with Gasteiger partial charge in [0.05, 0.1) is 0 Å². The molecule has 0 saturated heterocycles. The molecule has 2 aliphatic rings. The van der Waals surface area contributed by atoms with Crippen molar-refractivity contribution in [1.29, 1.82) is 0 Å². The molecule has 2 aromatic carbocycles. The van der Waals surface area contributed by atoms with Gasteiger partial charge in [-0.05, 0) is 29.8 Å². The molecule has 8 nitrogen and oxygen atoms in total. The van der Waals surface area contributed by atoms with E-state index in [2.05, 4.69) is 5.32 Å². The number of nitrogens with one attached hydrogen (secondary N) is 1. The summed E-state index contributed by atoms with van der Waals surface area (Å²) >= 11 is 0. The molecule has 0 saturated carbocycles. The number of fused-ring (bicyclic) bond motifs is 2. The Morgan fingerprint density at radius 3 is 2.67 bits per heavy atom. The molecule has 2 aliphatic heterocycles.